The Kier molecular flexibility index (Phi) is 15.0. The summed E-state index contributed by atoms with van der Waals surface area (Å²) in [4.78, 5) is 41.0. The quantitative estimate of drug-likeness (QED) is 0.0976. The van der Waals surface area contributed by atoms with Crippen LogP contribution in [0.5, 0.6) is 0 Å². The summed E-state index contributed by atoms with van der Waals surface area (Å²) in [5.41, 5.74) is 0. The van der Waals surface area contributed by atoms with Crippen molar-refractivity contribution in [2.45, 2.75) is 96.2 Å². The highest BCUT2D eigenvalue weighted by atomic mass is 31.2. The number of aliphatic hydroxyl groups is 2. The van der Waals surface area contributed by atoms with Crippen molar-refractivity contribution in [1.82, 2.24) is 0 Å². The lowest BCUT2D eigenvalue weighted by molar-refractivity contribution is -0.144. The number of ketones is 1. The molecule has 9 nitrogen and oxygen atoms in total. The average molecular weight is 493 g/mol. The fraction of sp³-hybridized carbons (Fsp3) is 0.826. The molecule has 0 radical (unpaired) electrons. The third-order valence-electron chi connectivity index (χ3n) is 5.85. The van der Waals surface area contributed by atoms with E-state index in [2.05, 4.69) is 11.4 Å². The van der Waals surface area contributed by atoms with Gasteiger partial charge in [-0.3, -0.25) is 14.1 Å². The lowest BCUT2D eigenvalue weighted by atomic mass is 9.88. The second-order valence-electron chi connectivity index (χ2n) is 8.72. The predicted molar refractivity (Wildman–Crippen MR) is 123 cm³/mol. The summed E-state index contributed by atoms with van der Waals surface area (Å²) in [7, 11) is -4.48. The minimum absolute atomic E-state index is 0.0488. The lowest BCUT2D eigenvalue weighted by Gasteiger charge is -2.18. The van der Waals surface area contributed by atoms with Crippen molar-refractivity contribution in [3.8, 4) is 0 Å². The van der Waals surface area contributed by atoms with Gasteiger partial charge in [-0.2, -0.15) is 0 Å². The molecule has 1 rings (SSSR count). The molecule has 1 aliphatic rings. The molecule has 192 valence electrons. The van der Waals surface area contributed by atoms with Crippen LogP contribution in [0.2, 0.25) is 0 Å². The van der Waals surface area contributed by atoms with Crippen molar-refractivity contribution >= 4 is 19.6 Å². The summed E-state index contributed by atoms with van der Waals surface area (Å²) >= 11 is 0. The molecule has 0 aromatic heterocycles. The third-order valence-corrected chi connectivity index (χ3v) is 6.37. The van der Waals surface area contributed by atoms with Gasteiger partial charge < -0.3 is 24.7 Å². The Morgan fingerprint density at radius 1 is 1.12 bits per heavy atom. The van der Waals surface area contributed by atoms with Crippen molar-refractivity contribution in [3.05, 3.63) is 12.2 Å². The second-order valence-corrected chi connectivity index (χ2v) is 9.96. The first-order valence-electron chi connectivity index (χ1n) is 12.1. The van der Waals surface area contributed by atoms with E-state index in [1.165, 1.54) is 0 Å². The number of hydrogen-bond donors (Lipinski definition) is 4. The van der Waals surface area contributed by atoms with Gasteiger partial charge in [-0.25, -0.2) is 4.57 Å². The molecular weight excluding hydrogens is 451 g/mol. The average Bonchev–Trinajstić information content (AvgIpc) is 3.00. The number of carbonyl (C=O) groups is 2. The smallest absolute Gasteiger partial charge is 0.466 e. The van der Waals surface area contributed by atoms with Gasteiger partial charge in [-0.1, -0.05) is 57.6 Å². The number of ether oxygens (including phenoxy) is 1. The standard InChI is InChI=1S/C23H41O9P/c1-2-3-6-10-18(24)13-14-20-19(21(25)17-22(20)26)11-7-4-5-8-12-23(27)31-15-9-16-32-33(28,29)30/h13-14,18-20,22,24,26H,2-12,15-17H2,1H3,(H2,28,29,30)/b14-13+/t18-,19+,20+,22+/m0/s1. The summed E-state index contributed by atoms with van der Waals surface area (Å²) in [5, 5.41) is 20.3. The molecule has 4 N–H and O–H groups in total. The van der Waals surface area contributed by atoms with E-state index < -0.39 is 20.0 Å². The van der Waals surface area contributed by atoms with Crippen LogP contribution < -0.4 is 0 Å². The van der Waals surface area contributed by atoms with Crippen LogP contribution in [0.1, 0.15) is 84.0 Å². The molecule has 0 unspecified atom stereocenters. The van der Waals surface area contributed by atoms with Crippen LogP contribution in [-0.2, 0) is 23.4 Å². The normalized spacial score (nSPS) is 22.2. The Morgan fingerprint density at radius 3 is 2.55 bits per heavy atom. The Labute approximate surface area is 196 Å². The first-order valence-corrected chi connectivity index (χ1v) is 13.6. The second kappa shape index (κ2) is 16.5. The molecule has 1 aliphatic carbocycles. The summed E-state index contributed by atoms with van der Waals surface area (Å²) in [6, 6.07) is 0. The zero-order valence-corrected chi connectivity index (χ0v) is 20.5. The molecule has 33 heavy (non-hydrogen) atoms. The highest BCUT2D eigenvalue weighted by Gasteiger charge is 2.39. The van der Waals surface area contributed by atoms with Gasteiger partial charge >= 0.3 is 13.8 Å². The first kappa shape index (κ1) is 29.9. The van der Waals surface area contributed by atoms with Gasteiger partial charge in [-0.05, 0) is 19.3 Å². The highest BCUT2D eigenvalue weighted by Crippen LogP contribution is 2.36. The SMILES string of the molecule is CCCCC[C@H](O)/C=C/[C@H]1[C@H](O)CC(=O)[C@@H]1CCCCCCC(=O)OCCCOP(=O)(O)O. The Balaban J connectivity index is 2.20. The van der Waals surface area contributed by atoms with Gasteiger partial charge in [0.2, 0.25) is 0 Å². The molecule has 0 aromatic carbocycles. The molecule has 0 heterocycles. The maximum Gasteiger partial charge on any atom is 0.469 e. The monoisotopic (exact) mass is 492 g/mol. The van der Waals surface area contributed by atoms with Crippen molar-refractivity contribution in [2.24, 2.45) is 11.8 Å². The fourth-order valence-electron chi connectivity index (χ4n) is 4.04. The Hall–Kier alpha value is -1.09. The van der Waals surface area contributed by atoms with Gasteiger partial charge in [-0.15, -0.1) is 0 Å². The van der Waals surface area contributed by atoms with Gasteiger partial charge in [0.1, 0.15) is 5.78 Å². The summed E-state index contributed by atoms with van der Waals surface area (Å²) in [5.74, 6) is -0.755. The molecule has 1 fully saturated rings. The zero-order valence-electron chi connectivity index (χ0n) is 19.6. The molecule has 4 atom stereocenters. The molecule has 10 heteroatoms. The van der Waals surface area contributed by atoms with E-state index in [9.17, 15) is 24.4 Å². The first-order chi connectivity index (χ1) is 15.6. The number of esters is 1. The van der Waals surface area contributed by atoms with Crippen LogP contribution in [0.15, 0.2) is 12.2 Å². The zero-order chi connectivity index (χ0) is 24.7. The minimum atomic E-state index is -4.48. The largest absolute Gasteiger partial charge is 0.469 e. The summed E-state index contributed by atoms with van der Waals surface area (Å²) < 4.78 is 19.8. The number of Topliss-reactive ketones (excluding diaryl/α,β-unsaturated/α-hetero) is 1. The van der Waals surface area contributed by atoms with Crippen LogP contribution >= 0.6 is 7.82 Å². The van der Waals surface area contributed by atoms with Gasteiger partial charge in [0.25, 0.3) is 0 Å². The Morgan fingerprint density at radius 2 is 1.85 bits per heavy atom. The van der Waals surface area contributed by atoms with Crippen molar-refractivity contribution in [1.29, 1.82) is 0 Å². The Bertz CT molecular complexity index is 646. The van der Waals surface area contributed by atoms with Crippen LogP contribution in [0.25, 0.3) is 0 Å². The van der Waals surface area contributed by atoms with Crippen molar-refractivity contribution < 1.29 is 43.4 Å². The van der Waals surface area contributed by atoms with Gasteiger partial charge in [0, 0.05) is 31.1 Å². The van der Waals surface area contributed by atoms with Gasteiger partial charge in [0.15, 0.2) is 0 Å². The topological polar surface area (TPSA) is 151 Å². The number of phosphoric acid groups is 1. The van der Waals surface area contributed by atoms with E-state index in [1.807, 2.05) is 6.08 Å². The number of carbonyl (C=O) groups excluding carboxylic acids is 2. The van der Waals surface area contributed by atoms with E-state index in [1.54, 1.807) is 6.08 Å². The number of hydrogen-bond acceptors (Lipinski definition) is 7. The van der Waals surface area contributed by atoms with E-state index in [-0.39, 0.29) is 56.1 Å². The fourth-order valence-corrected chi connectivity index (χ4v) is 4.40. The predicted octanol–water partition coefficient (Wildman–Crippen LogP) is 3.43. The van der Waals surface area contributed by atoms with Crippen molar-refractivity contribution in [2.75, 3.05) is 13.2 Å². The van der Waals surface area contributed by atoms with E-state index in [0.29, 0.717) is 19.3 Å². The number of aliphatic hydroxyl groups excluding tert-OH is 2. The molecule has 0 spiro atoms. The van der Waals surface area contributed by atoms with E-state index >= 15 is 0 Å². The molecule has 0 aliphatic heterocycles. The molecule has 1 saturated carbocycles. The highest BCUT2D eigenvalue weighted by molar-refractivity contribution is 7.46. The maximum atomic E-state index is 12.3. The summed E-state index contributed by atoms with van der Waals surface area (Å²) in [6.45, 7) is 1.98. The van der Waals surface area contributed by atoms with Crippen LogP contribution in [-0.4, -0.2) is 57.2 Å². The molecule has 0 aromatic rings. The number of phosphoric ester groups is 1. The lowest BCUT2D eigenvalue weighted by Crippen LogP contribution is -2.19. The minimum Gasteiger partial charge on any atom is -0.466 e. The van der Waals surface area contributed by atoms with E-state index in [4.69, 9.17) is 14.5 Å². The van der Waals surface area contributed by atoms with E-state index in [0.717, 1.165) is 38.5 Å². The molecular formula is C23H41O9P. The molecule has 0 bridgehead atoms. The third kappa shape index (κ3) is 14.0. The van der Waals surface area contributed by atoms with Crippen LogP contribution in [0.4, 0.5) is 0 Å². The van der Waals surface area contributed by atoms with Crippen LogP contribution in [0.3, 0.4) is 0 Å². The van der Waals surface area contributed by atoms with Crippen LogP contribution in [0, 0.1) is 11.8 Å². The van der Waals surface area contributed by atoms with Crippen molar-refractivity contribution in [3.63, 3.8) is 0 Å². The number of rotatable bonds is 18. The maximum absolute atomic E-state index is 12.3. The molecule has 0 amide bonds. The van der Waals surface area contributed by atoms with Gasteiger partial charge in [0.05, 0.1) is 25.4 Å². The molecule has 0 saturated heterocycles. The summed E-state index contributed by atoms with van der Waals surface area (Å²) in [6.07, 6.45) is 10.6. The number of unbranched alkanes of at least 4 members (excludes halogenated alkanes) is 5.